The maximum absolute atomic E-state index is 12.4. The number of aromatic nitrogens is 2. The van der Waals surface area contributed by atoms with Crippen molar-refractivity contribution >= 4 is 5.91 Å². The number of hydrogen-bond acceptors (Lipinski definition) is 3. The lowest BCUT2D eigenvalue weighted by molar-refractivity contribution is 0.0674. The molecule has 0 aliphatic rings. The fourth-order valence-corrected chi connectivity index (χ4v) is 1.96. The summed E-state index contributed by atoms with van der Waals surface area (Å²) in [6.45, 7) is 5.67. The summed E-state index contributed by atoms with van der Waals surface area (Å²) in [6, 6.07) is 11.3. The van der Waals surface area contributed by atoms with Crippen LogP contribution >= 0.6 is 0 Å². The fourth-order valence-electron chi connectivity index (χ4n) is 1.96. The van der Waals surface area contributed by atoms with Gasteiger partial charge >= 0.3 is 0 Å². The van der Waals surface area contributed by atoms with Gasteiger partial charge in [-0.25, -0.2) is 4.68 Å². The lowest BCUT2D eigenvalue weighted by Crippen LogP contribution is -2.32. The Morgan fingerprint density at radius 1 is 1.32 bits per heavy atom. The third kappa shape index (κ3) is 3.02. The van der Waals surface area contributed by atoms with E-state index >= 15 is 0 Å². The highest BCUT2D eigenvalue weighted by Gasteiger charge is 2.22. The van der Waals surface area contributed by atoms with E-state index in [9.17, 15) is 4.79 Å². The van der Waals surface area contributed by atoms with Gasteiger partial charge in [-0.3, -0.25) is 4.79 Å². The molecule has 0 fully saturated rings. The number of ether oxygens (including phenoxy) is 1. The van der Waals surface area contributed by atoms with Gasteiger partial charge in [0, 0.05) is 5.69 Å². The van der Waals surface area contributed by atoms with Crippen molar-refractivity contribution in [3.8, 4) is 5.75 Å². The zero-order valence-corrected chi connectivity index (χ0v) is 11.5. The van der Waals surface area contributed by atoms with Crippen molar-refractivity contribution in [3.05, 3.63) is 47.8 Å². The molecule has 0 bridgehead atoms. The largest absolute Gasteiger partial charge is 0.481 e. The molecule has 0 saturated heterocycles. The third-order valence-electron chi connectivity index (χ3n) is 2.89. The van der Waals surface area contributed by atoms with E-state index in [1.807, 2.05) is 57.2 Å². The molecule has 0 N–H and O–H groups in total. The van der Waals surface area contributed by atoms with Gasteiger partial charge < -0.3 is 4.74 Å². The molecular formula is C15H18N2O2. The van der Waals surface area contributed by atoms with Crippen LogP contribution in [0.15, 0.2) is 36.4 Å². The van der Waals surface area contributed by atoms with Crippen molar-refractivity contribution in [1.29, 1.82) is 0 Å². The second-order valence-electron chi connectivity index (χ2n) is 4.50. The Hall–Kier alpha value is -2.10. The molecule has 0 saturated carbocycles. The molecule has 0 radical (unpaired) electrons. The first-order chi connectivity index (χ1) is 9.11. The summed E-state index contributed by atoms with van der Waals surface area (Å²) in [5.41, 5.74) is 1.66. The number of aryl methyl sites for hydroxylation is 2. The maximum Gasteiger partial charge on any atom is 0.288 e. The zero-order chi connectivity index (χ0) is 13.8. The first kappa shape index (κ1) is 13.3. The Labute approximate surface area is 113 Å². The van der Waals surface area contributed by atoms with Gasteiger partial charge in [-0.15, -0.1) is 0 Å². The SMILES string of the molecule is CC[C@H](Oc1ccccc1)C(=O)n1nc(C)cc1C. The van der Waals surface area contributed by atoms with Crippen molar-refractivity contribution in [2.45, 2.75) is 33.3 Å². The lowest BCUT2D eigenvalue weighted by atomic mass is 10.2. The topological polar surface area (TPSA) is 44.1 Å². The molecule has 1 atom stereocenters. The number of rotatable bonds is 4. The van der Waals surface area contributed by atoms with Crippen molar-refractivity contribution in [2.24, 2.45) is 0 Å². The van der Waals surface area contributed by atoms with Gasteiger partial charge in [0.25, 0.3) is 5.91 Å². The van der Waals surface area contributed by atoms with Gasteiger partial charge in [0.1, 0.15) is 5.75 Å². The van der Waals surface area contributed by atoms with Gasteiger partial charge in [-0.2, -0.15) is 5.10 Å². The maximum atomic E-state index is 12.4. The van der Waals surface area contributed by atoms with Crippen LogP contribution in [0.25, 0.3) is 0 Å². The van der Waals surface area contributed by atoms with Crippen LogP contribution in [-0.4, -0.2) is 21.8 Å². The molecule has 2 aromatic rings. The molecule has 1 heterocycles. The zero-order valence-electron chi connectivity index (χ0n) is 11.5. The second kappa shape index (κ2) is 5.69. The van der Waals surface area contributed by atoms with Crippen molar-refractivity contribution in [2.75, 3.05) is 0 Å². The third-order valence-corrected chi connectivity index (χ3v) is 2.89. The number of benzene rings is 1. The minimum Gasteiger partial charge on any atom is -0.481 e. The highest BCUT2D eigenvalue weighted by atomic mass is 16.5. The van der Waals surface area contributed by atoms with E-state index in [-0.39, 0.29) is 5.91 Å². The lowest BCUT2D eigenvalue weighted by Gasteiger charge is -2.16. The monoisotopic (exact) mass is 258 g/mol. The molecule has 0 amide bonds. The molecule has 0 unspecified atom stereocenters. The molecule has 1 aromatic carbocycles. The predicted molar refractivity (Wildman–Crippen MR) is 73.5 cm³/mol. The molecule has 2 rings (SSSR count). The van der Waals surface area contributed by atoms with Gasteiger partial charge in [0.15, 0.2) is 6.10 Å². The Morgan fingerprint density at radius 3 is 2.53 bits per heavy atom. The van der Waals surface area contributed by atoms with Gasteiger partial charge in [0.05, 0.1) is 5.69 Å². The Balaban J connectivity index is 2.18. The average molecular weight is 258 g/mol. The molecule has 4 nitrogen and oxygen atoms in total. The molecular weight excluding hydrogens is 240 g/mol. The van der Waals surface area contributed by atoms with Crippen LogP contribution in [0.3, 0.4) is 0 Å². The molecule has 1 aromatic heterocycles. The minimum absolute atomic E-state index is 0.128. The predicted octanol–water partition coefficient (Wildman–Crippen LogP) is 3.00. The van der Waals surface area contributed by atoms with Crippen LogP contribution < -0.4 is 4.74 Å². The summed E-state index contributed by atoms with van der Waals surface area (Å²) in [6.07, 6.45) is 0.0897. The van der Waals surface area contributed by atoms with Crippen LogP contribution in [0, 0.1) is 13.8 Å². The Kier molecular flexibility index (Phi) is 4.00. The van der Waals surface area contributed by atoms with Gasteiger partial charge in [-0.05, 0) is 38.5 Å². The molecule has 0 aliphatic carbocycles. The number of carbonyl (C=O) groups excluding carboxylic acids is 1. The normalized spacial score (nSPS) is 12.2. The smallest absolute Gasteiger partial charge is 0.288 e. The minimum atomic E-state index is -0.514. The Morgan fingerprint density at radius 2 is 2.00 bits per heavy atom. The quantitative estimate of drug-likeness (QED) is 0.846. The van der Waals surface area contributed by atoms with Gasteiger partial charge in [-0.1, -0.05) is 25.1 Å². The first-order valence-corrected chi connectivity index (χ1v) is 6.41. The summed E-state index contributed by atoms with van der Waals surface area (Å²) in [4.78, 5) is 12.4. The molecule has 100 valence electrons. The molecule has 0 aliphatic heterocycles. The summed E-state index contributed by atoms with van der Waals surface area (Å²) >= 11 is 0. The van der Waals surface area contributed by atoms with Crippen LogP contribution in [0.2, 0.25) is 0 Å². The van der Waals surface area contributed by atoms with E-state index in [0.29, 0.717) is 12.2 Å². The van der Waals surface area contributed by atoms with Crippen LogP contribution in [0.5, 0.6) is 5.75 Å². The van der Waals surface area contributed by atoms with Crippen LogP contribution in [0.4, 0.5) is 0 Å². The first-order valence-electron chi connectivity index (χ1n) is 6.41. The molecule has 4 heteroatoms. The molecule has 0 spiro atoms. The Bertz CT molecular complexity index is 561. The van der Waals surface area contributed by atoms with E-state index in [1.54, 1.807) is 0 Å². The van der Waals surface area contributed by atoms with E-state index < -0.39 is 6.10 Å². The van der Waals surface area contributed by atoms with E-state index in [1.165, 1.54) is 4.68 Å². The fraction of sp³-hybridized carbons (Fsp3) is 0.333. The van der Waals surface area contributed by atoms with E-state index in [4.69, 9.17) is 4.74 Å². The number of nitrogens with zero attached hydrogens (tertiary/aromatic N) is 2. The second-order valence-corrected chi connectivity index (χ2v) is 4.50. The standard InChI is InChI=1S/C15H18N2O2/c1-4-14(19-13-8-6-5-7-9-13)15(18)17-12(3)10-11(2)16-17/h5-10,14H,4H2,1-3H3/t14-/m0/s1. The molecule has 19 heavy (non-hydrogen) atoms. The number of carbonyl (C=O) groups is 1. The van der Waals surface area contributed by atoms with E-state index in [0.717, 1.165) is 11.4 Å². The average Bonchev–Trinajstić information content (AvgIpc) is 2.75. The summed E-state index contributed by atoms with van der Waals surface area (Å²) in [7, 11) is 0. The van der Waals surface area contributed by atoms with Crippen molar-refractivity contribution in [3.63, 3.8) is 0 Å². The van der Waals surface area contributed by atoms with E-state index in [2.05, 4.69) is 5.10 Å². The summed E-state index contributed by atoms with van der Waals surface area (Å²) in [5, 5.41) is 4.21. The van der Waals surface area contributed by atoms with Crippen molar-refractivity contribution < 1.29 is 9.53 Å². The number of hydrogen-bond donors (Lipinski definition) is 0. The summed E-state index contributed by atoms with van der Waals surface area (Å²) < 4.78 is 7.16. The highest BCUT2D eigenvalue weighted by Crippen LogP contribution is 2.14. The van der Waals surface area contributed by atoms with Crippen LogP contribution in [-0.2, 0) is 0 Å². The number of para-hydroxylation sites is 1. The van der Waals surface area contributed by atoms with Crippen molar-refractivity contribution in [1.82, 2.24) is 9.78 Å². The highest BCUT2D eigenvalue weighted by molar-refractivity contribution is 5.83. The van der Waals surface area contributed by atoms with Crippen LogP contribution in [0.1, 0.15) is 29.5 Å². The van der Waals surface area contributed by atoms with Gasteiger partial charge in [0.2, 0.25) is 0 Å². The summed E-state index contributed by atoms with van der Waals surface area (Å²) in [5.74, 6) is 0.571.